The lowest BCUT2D eigenvalue weighted by Crippen LogP contribution is -2.47. The van der Waals surface area contributed by atoms with Crippen LogP contribution in [0.3, 0.4) is 0 Å². The van der Waals surface area contributed by atoms with Gasteiger partial charge in [0.2, 0.25) is 0 Å². The molecule has 4 rings (SSSR count). The van der Waals surface area contributed by atoms with Gasteiger partial charge in [0.05, 0.1) is 34.7 Å². The summed E-state index contributed by atoms with van der Waals surface area (Å²) in [6.07, 6.45) is 0.883. The molecular weight excluding hydrogens is 413 g/mol. The van der Waals surface area contributed by atoms with Gasteiger partial charge in [-0.3, -0.25) is 9.59 Å². The first-order chi connectivity index (χ1) is 14.8. The molecule has 0 radical (unpaired) electrons. The number of hydrogen-bond donors (Lipinski definition) is 1. The third-order valence-electron chi connectivity index (χ3n) is 6.04. The van der Waals surface area contributed by atoms with Crippen LogP contribution in [0, 0.1) is 0 Å². The Morgan fingerprint density at radius 3 is 2.55 bits per heavy atom. The van der Waals surface area contributed by atoms with Crippen molar-refractivity contribution in [3.63, 3.8) is 0 Å². The molecule has 0 unspecified atom stereocenters. The predicted octanol–water partition coefficient (Wildman–Crippen LogP) is 3.88. The molecule has 1 atom stereocenters. The van der Waals surface area contributed by atoms with Gasteiger partial charge in [-0.05, 0) is 43.9 Å². The third kappa shape index (κ3) is 4.61. The third-order valence-corrected chi connectivity index (χ3v) is 6.04. The van der Waals surface area contributed by atoms with Crippen LogP contribution in [0.15, 0.2) is 47.3 Å². The summed E-state index contributed by atoms with van der Waals surface area (Å²) in [6, 6.07) is 6.36. The molecule has 2 fully saturated rings. The molecule has 31 heavy (non-hydrogen) atoms. The number of amides is 2. The van der Waals surface area contributed by atoms with Crippen molar-refractivity contribution < 1.29 is 31.9 Å². The zero-order valence-electron chi connectivity index (χ0n) is 16.8. The number of alkyl halides is 3. The quantitative estimate of drug-likeness (QED) is 0.790. The van der Waals surface area contributed by atoms with Crippen LogP contribution in [0.1, 0.15) is 52.0 Å². The summed E-state index contributed by atoms with van der Waals surface area (Å²) in [4.78, 5) is 26.6. The molecule has 0 bridgehead atoms. The molecule has 0 aliphatic carbocycles. The van der Waals surface area contributed by atoms with E-state index in [1.54, 1.807) is 11.0 Å². The van der Waals surface area contributed by atoms with E-state index in [2.05, 4.69) is 5.32 Å². The highest BCUT2D eigenvalue weighted by Crippen LogP contribution is 2.39. The van der Waals surface area contributed by atoms with Crippen molar-refractivity contribution in [3.8, 4) is 0 Å². The maximum atomic E-state index is 13.1. The molecule has 1 aromatic heterocycles. The van der Waals surface area contributed by atoms with Crippen LogP contribution in [0.2, 0.25) is 0 Å². The molecule has 3 heterocycles. The van der Waals surface area contributed by atoms with Gasteiger partial charge in [0.15, 0.2) is 0 Å². The first-order valence-electron chi connectivity index (χ1n) is 10.2. The summed E-state index contributed by atoms with van der Waals surface area (Å²) in [5, 5.41) is 2.58. The fourth-order valence-corrected chi connectivity index (χ4v) is 4.32. The van der Waals surface area contributed by atoms with Crippen LogP contribution in [-0.4, -0.2) is 48.1 Å². The highest BCUT2D eigenvalue weighted by atomic mass is 19.4. The van der Waals surface area contributed by atoms with Gasteiger partial charge in [-0.15, -0.1) is 0 Å². The Morgan fingerprint density at radius 1 is 1.13 bits per heavy atom. The van der Waals surface area contributed by atoms with E-state index >= 15 is 0 Å². The zero-order valence-corrected chi connectivity index (χ0v) is 16.8. The summed E-state index contributed by atoms with van der Waals surface area (Å²) < 4.78 is 50.6. The lowest BCUT2D eigenvalue weighted by atomic mass is 9.88. The minimum Gasteiger partial charge on any atom is -0.472 e. The number of halogens is 3. The topological polar surface area (TPSA) is 71.8 Å². The van der Waals surface area contributed by atoms with Crippen molar-refractivity contribution in [2.45, 2.75) is 43.6 Å². The van der Waals surface area contributed by atoms with Crippen molar-refractivity contribution >= 4 is 11.8 Å². The number of likely N-dealkylation sites (tertiary alicyclic amines) is 1. The van der Waals surface area contributed by atoms with Gasteiger partial charge in [0.25, 0.3) is 11.8 Å². The maximum Gasteiger partial charge on any atom is 0.417 e. The van der Waals surface area contributed by atoms with Gasteiger partial charge in [0.1, 0.15) is 6.26 Å². The summed E-state index contributed by atoms with van der Waals surface area (Å²) in [6.45, 7) is 1.26. The lowest BCUT2D eigenvalue weighted by molar-refractivity contribution is -0.137. The van der Waals surface area contributed by atoms with E-state index in [4.69, 9.17) is 9.15 Å². The molecule has 166 valence electrons. The largest absolute Gasteiger partial charge is 0.472 e. The normalized spacial score (nSPS) is 20.7. The molecule has 2 amide bonds. The van der Waals surface area contributed by atoms with Crippen LogP contribution in [0.5, 0.6) is 0 Å². The Balaban J connectivity index is 1.30. The summed E-state index contributed by atoms with van der Waals surface area (Å²) in [7, 11) is 0. The van der Waals surface area contributed by atoms with Crippen molar-refractivity contribution in [2.24, 2.45) is 0 Å². The molecule has 6 nitrogen and oxygen atoms in total. The van der Waals surface area contributed by atoms with Gasteiger partial charge < -0.3 is 19.4 Å². The zero-order chi connectivity index (χ0) is 22.1. The molecule has 9 heteroatoms. The highest BCUT2D eigenvalue weighted by molar-refractivity contribution is 5.96. The predicted molar refractivity (Wildman–Crippen MR) is 104 cm³/mol. The minimum atomic E-state index is -4.59. The Hall–Kier alpha value is -2.81. The van der Waals surface area contributed by atoms with E-state index in [-0.39, 0.29) is 24.2 Å². The van der Waals surface area contributed by atoms with Crippen molar-refractivity contribution in [2.75, 3.05) is 19.6 Å². The SMILES string of the molecule is O=C(NC[C@H]1CCC2(CCN(C(=O)c3ccoc3)CC2)O1)c1ccccc1C(F)(F)F. The van der Waals surface area contributed by atoms with E-state index in [1.807, 2.05) is 0 Å². The number of carbonyl (C=O) groups excluding carboxylic acids is 2. The van der Waals surface area contributed by atoms with Crippen molar-refractivity contribution in [1.29, 1.82) is 0 Å². The van der Waals surface area contributed by atoms with Crippen molar-refractivity contribution in [1.82, 2.24) is 10.2 Å². The highest BCUT2D eigenvalue weighted by Gasteiger charge is 2.43. The number of ether oxygens (including phenoxy) is 1. The van der Waals surface area contributed by atoms with Gasteiger partial charge in [-0.25, -0.2) is 0 Å². The van der Waals surface area contributed by atoms with Crippen molar-refractivity contribution in [3.05, 3.63) is 59.5 Å². The number of hydrogen-bond acceptors (Lipinski definition) is 4. The van der Waals surface area contributed by atoms with Gasteiger partial charge in [-0.1, -0.05) is 12.1 Å². The fourth-order valence-electron chi connectivity index (χ4n) is 4.32. The maximum absolute atomic E-state index is 13.1. The van der Waals surface area contributed by atoms with E-state index in [0.717, 1.165) is 12.5 Å². The molecule has 2 aliphatic rings. The van der Waals surface area contributed by atoms with Gasteiger partial charge >= 0.3 is 6.18 Å². The number of benzene rings is 1. The van der Waals surface area contributed by atoms with E-state index in [1.165, 1.54) is 30.7 Å². The number of nitrogens with one attached hydrogen (secondary N) is 1. The first-order valence-corrected chi connectivity index (χ1v) is 10.2. The Morgan fingerprint density at radius 2 is 1.87 bits per heavy atom. The number of furan rings is 1. The van der Waals surface area contributed by atoms with Crippen LogP contribution >= 0.6 is 0 Å². The summed E-state index contributed by atoms with van der Waals surface area (Å²) >= 11 is 0. The molecule has 0 saturated carbocycles. The standard InChI is InChI=1S/C22H23F3N2O4/c23-22(24,25)18-4-2-1-3-17(18)19(28)26-13-16-5-7-21(31-16)8-10-27(11-9-21)20(29)15-6-12-30-14-15/h1-4,6,12,14,16H,5,7-11,13H2,(H,26,28)/t16-/m1/s1. The minimum absolute atomic E-state index is 0.0752. The Labute approximate surface area is 177 Å². The van der Waals surface area contributed by atoms with E-state index in [9.17, 15) is 22.8 Å². The van der Waals surface area contributed by atoms with Crippen LogP contribution < -0.4 is 5.32 Å². The van der Waals surface area contributed by atoms with Gasteiger partial charge in [0, 0.05) is 19.6 Å². The smallest absolute Gasteiger partial charge is 0.417 e. The monoisotopic (exact) mass is 436 g/mol. The summed E-state index contributed by atoms with van der Waals surface area (Å²) in [5.41, 5.74) is -1.19. The van der Waals surface area contributed by atoms with E-state index in [0.29, 0.717) is 37.9 Å². The van der Waals surface area contributed by atoms with E-state index < -0.39 is 23.2 Å². The molecule has 1 spiro atoms. The Bertz CT molecular complexity index is 934. The van der Waals surface area contributed by atoms with Crippen LogP contribution in [0.4, 0.5) is 13.2 Å². The molecule has 1 N–H and O–H groups in total. The number of rotatable bonds is 4. The molecule has 1 aromatic carbocycles. The second kappa shape index (κ2) is 8.37. The molecule has 2 saturated heterocycles. The average Bonchev–Trinajstić information content (AvgIpc) is 3.42. The molecular formula is C22H23F3N2O4. The number of carbonyl (C=O) groups is 2. The Kier molecular flexibility index (Phi) is 5.79. The van der Waals surface area contributed by atoms with Crippen LogP contribution in [0.25, 0.3) is 0 Å². The molecule has 2 aromatic rings. The fraction of sp³-hybridized carbons (Fsp3) is 0.455. The number of piperidine rings is 1. The average molecular weight is 436 g/mol. The first kappa shape index (κ1) is 21.4. The lowest BCUT2D eigenvalue weighted by Gasteiger charge is -2.39. The second-order valence-corrected chi connectivity index (χ2v) is 8.02. The summed E-state index contributed by atoms with van der Waals surface area (Å²) in [5.74, 6) is -0.841. The van der Waals surface area contributed by atoms with Crippen LogP contribution in [-0.2, 0) is 10.9 Å². The van der Waals surface area contributed by atoms with Gasteiger partial charge in [-0.2, -0.15) is 13.2 Å². The molecule has 2 aliphatic heterocycles. The number of nitrogens with zero attached hydrogens (tertiary/aromatic N) is 1. The second-order valence-electron chi connectivity index (χ2n) is 8.02.